The number of nitrogens with one attached hydrogen (secondary N) is 1. The molecule has 1 N–H and O–H groups in total. The van der Waals surface area contributed by atoms with Crippen LogP contribution in [0.3, 0.4) is 0 Å². The van der Waals surface area contributed by atoms with Gasteiger partial charge in [-0.05, 0) is 55.0 Å². The van der Waals surface area contributed by atoms with E-state index in [1.807, 2.05) is 6.92 Å². The van der Waals surface area contributed by atoms with E-state index < -0.39 is 22.5 Å². The lowest BCUT2D eigenvalue weighted by Crippen LogP contribution is -2.38. The first kappa shape index (κ1) is 21.7. The van der Waals surface area contributed by atoms with E-state index in [2.05, 4.69) is 5.32 Å². The van der Waals surface area contributed by atoms with Crippen molar-refractivity contribution in [2.45, 2.75) is 11.8 Å². The normalized spacial score (nSPS) is 11.0. The van der Waals surface area contributed by atoms with Gasteiger partial charge in [-0.1, -0.05) is 35.9 Å². The van der Waals surface area contributed by atoms with Gasteiger partial charge in [-0.25, -0.2) is 8.42 Å². The standard InChI is InChI=1S/C22H21ClN2O4S/c1-16-13-17(23)11-12-21(16)24-22(26)15-25(18-7-6-8-19(14-18)29-2)30(27,28)20-9-4-3-5-10-20/h3-14H,15H2,1-2H3,(H,24,26). The lowest BCUT2D eigenvalue weighted by atomic mass is 10.2. The number of ether oxygens (including phenoxy) is 1. The number of benzene rings is 3. The number of nitrogens with zero attached hydrogens (tertiary/aromatic N) is 1. The van der Waals surface area contributed by atoms with Crippen LogP contribution in [0.5, 0.6) is 5.75 Å². The zero-order valence-electron chi connectivity index (χ0n) is 16.5. The maximum Gasteiger partial charge on any atom is 0.264 e. The Morgan fingerprint density at radius 2 is 1.77 bits per heavy atom. The number of halogens is 1. The fraction of sp³-hybridized carbons (Fsp3) is 0.136. The Hall–Kier alpha value is -3.03. The smallest absolute Gasteiger partial charge is 0.264 e. The van der Waals surface area contributed by atoms with E-state index in [9.17, 15) is 13.2 Å². The quantitative estimate of drug-likeness (QED) is 0.582. The van der Waals surface area contributed by atoms with E-state index in [1.165, 1.54) is 19.2 Å². The summed E-state index contributed by atoms with van der Waals surface area (Å²) in [6, 6.07) is 19.6. The molecule has 6 nitrogen and oxygen atoms in total. The van der Waals surface area contributed by atoms with Gasteiger partial charge in [0.2, 0.25) is 5.91 Å². The molecule has 0 heterocycles. The summed E-state index contributed by atoms with van der Waals surface area (Å²) in [7, 11) is -2.50. The summed E-state index contributed by atoms with van der Waals surface area (Å²) >= 11 is 5.96. The molecule has 0 aliphatic heterocycles. The number of carbonyl (C=O) groups excluding carboxylic acids is 1. The fourth-order valence-corrected chi connectivity index (χ4v) is 4.55. The molecule has 0 aliphatic rings. The highest BCUT2D eigenvalue weighted by atomic mass is 35.5. The highest BCUT2D eigenvalue weighted by Crippen LogP contribution is 2.27. The summed E-state index contributed by atoms with van der Waals surface area (Å²) in [5.41, 5.74) is 1.66. The summed E-state index contributed by atoms with van der Waals surface area (Å²) in [6.07, 6.45) is 0. The van der Waals surface area contributed by atoms with Crippen LogP contribution in [0.2, 0.25) is 5.02 Å². The maximum absolute atomic E-state index is 13.3. The van der Waals surface area contributed by atoms with E-state index in [1.54, 1.807) is 60.7 Å². The molecule has 0 saturated heterocycles. The number of hydrogen-bond donors (Lipinski definition) is 1. The van der Waals surface area contributed by atoms with Gasteiger partial charge in [-0.2, -0.15) is 0 Å². The number of aryl methyl sites for hydroxylation is 1. The van der Waals surface area contributed by atoms with Crippen LogP contribution in [-0.2, 0) is 14.8 Å². The highest BCUT2D eigenvalue weighted by Gasteiger charge is 2.27. The van der Waals surface area contributed by atoms with Crippen LogP contribution in [-0.4, -0.2) is 28.0 Å². The van der Waals surface area contributed by atoms with Crippen LogP contribution in [0.25, 0.3) is 0 Å². The van der Waals surface area contributed by atoms with Crippen molar-refractivity contribution in [3.63, 3.8) is 0 Å². The summed E-state index contributed by atoms with van der Waals surface area (Å²) in [6.45, 7) is 1.40. The molecule has 0 bridgehead atoms. The van der Waals surface area contributed by atoms with Gasteiger partial charge in [0.1, 0.15) is 12.3 Å². The van der Waals surface area contributed by atoms with Gasteiger partial charge in [-0.3, -0.25) is 9.10 Å². The van der Waals surface area contributed by atoms with Crippen LogP contribution in [0.1, 0.15) is 5.56 Å². The van der Waals surface area contributed by atoms with Crippen LogP contribution in [0.15, 0.2) is 77.7 Å². The minimum Gasteiger partial charge on any atom is -0.497 e. The molecule has 3 aromatic carbocycles. The number of anilines is 2. The molecule has 0 aliphatic carbocycles. The Balaban J connectivity index is 1.96. The Labute approximate surface area is 181 Å². The van der Waals surface area contributed by atoms with Crippen molar-refractivity contribution in [2.75, 3.05) is 23.3 Å². The number of rotatable bonds is 7. The van der Waals surface area contributed by atoms with Gasteiger partial charge in [-0.15, -0.1) is 0 Å². The van der Waals surface area contributed by atoms with Gasteiger partial charge in [0.15, 0.2) is 0 Å². The molecule has 0 spiro atoms. The minimum atomic E-state index is -3.99. The molecule has 0 saturated carbocycles. The molecule has 0 atom stereocenters. The molecular weight excluding hydrogens is 424 g/mol. The zero-order valence-corrected chi connectivity index (χ0v) is 18.1. The van der Waals surface area contributed by atoms with Crippen molar-refractivity contribution in [1.82, 2.24) is 0 Å². The SMILES string of the molecule is COc1cccc(N(CC(=O)Nc2ccc(Cl)cc2C)S(=O)(=O)c2ccccc2)c1. The number of sulfonamides is 1. The number of methoxy groups -OCH3 is 1. The zero-order chi connectivity index (χ0) is 21.7. The first-order valence-electron chi connectivity index (χ1n) is 9.09. The Morgan fingerprint density at radius 1 is 1.03 bits per heavy atom. The van der Waals surface area contributed by atoms with Crippen LogP contribution in [0, 0.1) is 6.92 Å². The van der Waals surface area contributed by atoms with Crippen LogP contribution in [0.4, 0.5) is 11.4 Å². The van der Waals surface area contributed by atoms with E-state index in [0.717, 1.165) is 9.87 Å². The summed E-state index contributed by atoms with van der Waals surface area (Å²) in [4.78, 5) is 12.9. The lowest BCUT2D eigenvalue weighted by molar-refractivity contribution is -0.114. The first-order valence-corrected chi connectivity index (χ1v) is 10.9. The predicted molar refractivity (Wildman–Crippen MR) is 119 cm³/mol. The second-order valence-corrected chi connectivity index (χ2v) is 8.83. The van der Waals surface area contributed by atoms with Crippen molar-refractivity contribution in [2.24, 2.45) is 0 Å². The maximum atomic E-state index is 13.3. The largest absolute Gasteiger partial charge is 0.497 e. The average molecular weight is 445 g/mol. The van der Waals surface area contributed by atoms with Gasteiger partial charge in [0.05, 0.1) is 17.7 Å². The van der Waals surface area contributed by atoms with Crippen molar-refractivity contribution >= 4 is 38.9 Å². The summed E-state index contributed by atoms with van der Waals surface area (Å²) < 4.78 is 32.9. The van der Waals surface area contributed by atoms with Crippen molar-refractivity contribution in [1.29, 1.82) is 0 Å². The van der Waals surface area contributed by atoms with E-state index in [4.69, 9.17) is 16.3 Å². The molecule has 30 heavy (non-hydrogen) atoms. The molecule has 0 fully saturated rings. The average Bonchev–Trinajstić information content (AvgIpc) is 2.74. The summed E-state index contributed by atoms with van der Waals surface area (Å²) in [5.74, 6) is -0.00235. The topological polar surface area (TPSA) is 75.7 Å². The Morgan fingerprint density at radius 3 is 2.43 bits per heavy atom. The van der Waals surface area contributed by atoms with Crippen LogP contribution >= 0.6 is 11.6 Å². The third-order valence-corrected chi connectivity index (χ3v) is 6.45. The summed E-state index contributed by atoms with van der Waals surface area (Å²) in [5, 5.41) is 3.31. The number of amides is 1. The highest BCUT2D eigenvalue weighted by molar-refractivity contribution is 7.92. The molecule has 8 heteroatoms. The van der Waals surface area contributed by atoms with E-state index in [0.29, 0.717) is 22.1 Å². The van der Waals surface area contributed by atoms with Gasteiger partial charge in [0, 0.05) is 16.8 Å². The molecule has 156 valence electrons. The molecule has 0 aromatic heterocycles. The van der Waals surface area contributed by atoms with E-state index in [-0.39, 0.29) is 4.90 Å². The Bertz CT molecular complexity index is 1150. The molecular formula is C22H21ClN2O4S. The molecule has 1 amide bonds. The monoisotopic (exact) mass is 444 g/mol. The molecule has 0 unspecified atom stereocenters. The minimum absolute atomic E-state index is 0.0864. The third-order valence-electron chi connectivity index (χ3n) is 4.42. The first-order chi connectivity index (χ1) is 14.3. The number of carbonyl (C=O) groups is 1. The molecule has 3 rings (SSSR count). The molecule has 3 aromatic rings. The van der Waals surface area contributed by atoms with Gasteiger partial charge >= 0.3 is 0 Å². The number of hydrogen-bond acceptors (Lipinski definition) is 4. The predicted octanol–water partition coefficient (Wildman–Crippen LogP) is 4.49. The van der Waals surface area contributed by atoms with Crippen molar-refractivity contribution in [3.8, 4) is 5.75 Å². The second kappa shape index (κ2) is 9.19. The Kier molecular flexibility index (Phi) is 6.64. The van der Waals surface area contributed by atoms with Gasteiger partial charge in [0.25, 0.3) is 10.0 Å². The van der Waals surface area contributed by atoms with Crippen molar-refractivity contribution < 1.29 is 17.9 Å². The van der Waals surface area contributed by atoms with Crippen molar-refractivity contribution in [3.05, 3.63) is 83.4 Å². The molecule has 0 radical (unpaired) electrons. The lowest BCUT2D eigenvalue weighted by Gasteiger charge is -2.24. The van der Waals surface area contributed by atoms with Gasteiger partial charge < -0.3 is 10.1 Å². The third kappa shape index (κ3) is 4.93. The van der Waals surface area contributed by atoms with Crippen LogP contribution < -0.4 is 14.4 Å². The second-order valence-electron chi connectivity index (χ2n) is 6.53. The fourth-order valence-electron chi connectivity index (χ4n) is 2.89. The van der Waals surface area contributed by atoms with E-state index >= 15 is 0 Å².